The summed E-state index contributed by atoms with van der Waals surface area (Å²) in [5.41, 5.74) is 1.73. The van der Waals surface area contributed by atoms with E-state index in [9.17, 15) is 4.79 Å². The molecule has 2 aromatic rings. The number of ketones is 1. The van der Waals surface area contributed by atoms with Gasteiger partial charge in [-0.05, 0) is 67.1 Å². The molecule has 0 aromatic heterocycles. The van der Waals surface area contributed by atoms with Crippen LogP contribution in [0.15, 0.2) is 59.5 Å². The number of carbonyl (C=O) groups excluding carboxylic acids is 1. The fourth-order valence-corrected chi connectivity index (χ4v) is 5.76. The van der Waals surface area contributed by atoms with Crippen LogP contribution >= 0.6 is 11.8 Å². The van der Waals surface area contributed by atoms with E-state index >= 15 is 0 Å². The quantitative estimate of drug-likeness (QED) is 0.0562. The molecule has 39 heavy (non-hydrogen) atoms. The minimum atomic E-state index is 0.0357. The lowest BCUT2D eigenvalue weighted by Crippen LogP contribution is -1.94. The van der Waals surface area contributed by atoms with Crippen LogP contribution in [0.3, 0.4) is 0 Å². The first kappa shape index (κ1) is 33.2. The van der Waals surface area contributed by atoms with Crippen molar-refractivity contribution < 1.29 is 9.53 Å². The SMILES string of the molecule is CCCCCCCCCCCCCCCCCCCSc1ccc(C(=O)/C=C/c2ccc(OCC)cc2)cc1. The maximum absolute atomic E-state index is 12.5. The van der Waals surface area contributed by atoms with Gasteiger partial charge in [0.05, 0.1) is 6.61 Å². The third-order valence-electron chi connectivity index (χ3n) is 7.27. The van der Waals surface area contributed by atoms with Gasteiger partial charge in [0.2, 0.25) is 0 Å². The van der Waals surface area contributed by atoms with Crippen molar-refractivity contribution in [3.8, 4) is 5.75 Å². The maximum Gasteiger partial charge on any atom is 0.185 e. The van der Waals surface area contributed by atoms with Crippen LogP contribution in [0.5, 0.6) is 5.75 Å². The van der Waals surface area contributed by atoms with Crippen molar-refractivity contribution in [1.29, 1.82) is 0 Å². The molecule has 0 aliphatic heterocycles. The topological polar surface area (TPSA) is 26.3 Å². The Balaban J connectivity index is 1.43. The summed E-state index contributed by atoms with van der Waals surface area (Å²) < 4.78 is 5.46. The van der Waals surface area contributed by atoms with E-state index in [0.29, 0.717) is 6.61 Å². The highest BCUT2D eigenvalue weighted by Gasteiger charge is 2.03. The van der Waals surface area contributed by atoms with Gasteiger partial charge in [-0.3, -0.25) is 4.79 Å². The van der Waals surface area contributed by atoms with Crippen molar-refractivity contribution in [2.75, 3.05) is 12.4 Å². The van der Waals surface area contributed by atoms with Crippen molar-refractivity contribution in [3.05, 3.63) is 65.7 Å². The fraction of sp³-hybridized carbons (Fsp3) is 0.583. The average Bonchev–Trinajstić information content (AvgIpc) is 2.96. The molecule has 0 saturated heterocycles. The minimum absolute atomic E-state index is 0.0357. The Morgan fingerprint density at radius 3 is 1.62 bits per heavy atom. The van der Waals surface area contributed by atoms with Crippen molar-refractivity contribution in [2.45, 2.75) is 128 Å². The summed E-state index contributed by atoms with van der Waals surface area (Å²) in [5.74, 6) is 2.04. The highest BCUT2D eigenvalue weighted by atomic mass is 32.2. The lowest BCUT2D eigenvalue weighted by molar-refractivity contribution is 0.104. The summed E-state index contributed by atoms with van der Waals surface area (Å²) in [5, 5.41) is 0. The van der Waals surface area contributed by atoms with Crippen LogP contribution in [0.25, 0.3) is 6.08 Å². The zero-order chi connectivity index (χ0) is 27.8. The van der Waals surface area contributed by atoms with Crippen molar-refractivity contribution >= 4 is 23.6 Å². The van der Waals surface area contributed by atoms with Crippen molar-refractivity contribution in [2.24, 2.45) is 0 Å². The van der Waals surface area contributed by atoms with Crippen LogP contribution in [0.1, 0.15) is 139 Å². The number of allylic oxidation sites excluding steroid dienone is 1. The van der Waals surface area contributed by atoms with Crippen molar-refractivity contribution in [1.82, 2.24) is 0 Å². The Bertz CT molecular complexity index is 885. The Morgan fingerprint density at radius 1 is 0.641 bits per heavy atom. The second kappa shape index (κ2) is 22.8. The molecular formula is C36H54O2S. The number of hydrogen-bond acceptors (Lipinski definition) is 3. The van der Waals surface area contributed by atoms with Crippen LogP contribution in [0, 0.1) is 0 Å². The van der Waals surface area contributed by atoms with Crippen molar-refractivity contribution in [3.63, 3.8) is 0 Å². The lowest BCUT2D eigenvalue weighted by atomic mass is 10.0. The average molecular weight is 551 g/mol. The zero-order valence-electron chi connectivity index (χ0n) is 24.9. The highest BCUT2D eigenvalue weighted by Crippen LogP contribution is 2.21. The van der Waals surface area contributed by atoms with Crippen LogP contribution in [0.2, 0.25) is 0 Å². The second-order valence-corrected chi connectivity index (χ2v) is 11.9. The fourth-order valence-electron chi connectivity index (χ4n) is 4.84. The summed E-state index contributed by atoms with van der Waals surface area (Å²) in [7, 11) is 0. The first-order valence-electron chi connectivity index (χ1n) is 15.9. The first-order valence-corrected chi connectivity index (χ1v) is 16.9. The van der Waals surface area contributed by atoms with Gasteiger partial charge in [-0.25, -0.2) is 0 Å². The monoisotopic (exact) mass is 550 g/mol. The first-order chi connectivity index (χ1) is 19.2. The molecule has 0 bridgehead atoms. The zero-order valence-corrected chi connectivity index (χ0v) is 25.7. The van der Waals surface area contributed by atoms with Gasteiger partial charge >= 0.3 is 0 Å². The van der Waals surface area contributed by atoms with Crippen LogP contribution < -0.4 is 4.74 Å². The van der Waals surface area contributed by atoms with Gasteiger partial charge in [0, 0.05) is 10.5 Å². The van der Waals surface area contributed by atoms with Crippen LogP contribution in [-0.4, -0.2) is 18.1 Å². The molecule has 0 heterocycles. The van der Waals surface area contributed by atoms with E-state index in [0.717, 1.165) is 22.6 Å². The maximum atomic E-state index is 12.5. The molecule has 0 radical (unpaired) electrons. The number of thioether (sulfide) groups is 1. The standard InChI is InChI=1S/C36H54O2S/c1-3-5-6-7-8-9-10-11-12-13-14-15-16-17-18-19-20-31-39-35-28-24-33(25-29-35)36(37)30-23-32-21-26-34(27-22-32)38-4-2/h21-30H,3-20,31H2,1-2H3/b30-23+. The highest BCUT2D eigenvalue weighted by molar-refractivity contribution is 7.99. The van der Waals surface area contributed by atoms with Crippen LogP contribution in [0.4, 0.5) is 0 Å². The predicted molar refractivity (Wildman–Crippen MR) is 172 cm³/mol. The summed E-state index contributed by atoms with van der Waals surface area (Å²) in [6, 6.07) is 15.8. The minimum Gasteiger partial charge on any atom is -0.494 e. The van der Waals surface area contributed by atoms with E-state index in [1.54, 1.807) is 6.08 Å². The Labute approximate surface area is 244 Å². The molecule has 0 spiro atoms. The second-order valence-electron chi connectivity index (χ2n) is 10.7. The molecule has 3 heteroatoms. The van der Waals surface area contributed by atoms with E-state index in [4.69, 9.17) is 4.74 Å². The molecule has 0 saturated carbocycles. The number of carbonyl (C=O) groups is 1. The third kappa shape index (κ3) is 16.6. The Hall–Kier alpha value is -2.00. The molecule has 0 aliphatic rings. The van der Waals surface area contributed by atoms with E-state index in [1.165, 1.54) is 114 Å². The summed E-state index contributed by atoms with van der Waals surface area (Å²) >= 11 is 1.90. The van der Waals surface area contributed by atoms with Gasteiger partial charge in [-0.15, -0.1) is 11.8 Å². The molecule has 2 nitrogen and oxygen atoms in total. The number of hydrogen-bond donors (Lipinski definition) is 0. The molecule has 2 aromatic carbocycles. The summed E-state index contributed by atoms with van der Waals surface area (Å²) in [4.78, 5) is 13.8. The normalized spacial score (nSPS) is 11.3. The Morgan fingerprint density at radius 2 is 1.13 bits per heavy atom. The van der Waals surface area contributed by atoms with Gasteiger partial charge in [-0.1, -0.05) is 128 Å². The van der Waals surface area contributed by atoms with E-state index in [-0.39, 0.29) is 5.78 Å². The van der Waals surface area contributed by atoms with Gasteiger partial charge in [0.25, 0.3) is 0 Å². The Kier molecular flexibility index (Phi) is 19.4. The number of ether oxygens (including phenoxy) is 1. The largest absolute Gasteiger partial charge is 0.494 e. The van der Waals surface area contributed by atoms with Gasteiger partial charge in [0.1, 0.15) is 5.75 Å². The molecule has 216 valence electrons. The molecule has 0 unspecified atom stereocenters. The molecule has 0 amide bonds. The molecule has 0 aliphatic carbocycles. The number of unbranched alkanes of at least 4 members (excludes halogenated alkanes) is 16. The smallest absolute Gasteiger partial charge is 0.185 e. The van der Waals surface area contributed by atoms with E-state index in [2.05, 4.69) is 19.1 Å². The van der Waals surface area contributed by atoms with Crippen LogP contribution in [-0.2, 0) is 0 Å². The van der Waals surface area contributed by atoms with Gasteiger partial charge < -0.3 is 4.74 Å². The van der Waals surface area contributed by atoms with E-state index < -0.39 is 0 Å². The van der Waals surface area contributed by atoms with Gasteiger partial charge in [0.15, 0.2) is 5.78 Å². The summed E-state index contributed by atoms with van der Waals surface area (Å²) in [6.07, 6.45) is 27.5. The lowest BCUT2D eigenvalue weighted by Gasteiger charge is -2.05. The number of benzene rings is 2. The third-order valence-corrected chi connectivity index (χ3v) is 8.37. The molecular weight excluding hydrogens is 496 g/mol. The van der Waals surface area contributed by atoms with Gasteiger partial charge in [-0.2, -0.15) is 0 Å². The molecule has 0 fully saturated rings. The summed E-state index contributed by atoms with van der Waals surface area (Å²) in [6.45, 7) is 4.92. The molecule has 0 N–H and O–H groups in total. The number of rotatable bonds is 24. The molecule has 2 rings (SSSR count). The molecule has 0 atom stereocenters. The predicted octanol–water partition coefficient (Wildman–Crippen LogP) is 11.7. The van der Waals surface area contributed by atoms with E-state index in [1.807, 2.05) is 61.2 Å².